The number of hydrogen-bond acceptors (Lipinski definition) is 3. The molecule has 2 aromatic rings. The van der Waals surface area contributed by atoms with E-state index in [2.05, 4.69) is 5.18 Å². The summed E-state index contributed by atoms with van der Waals surface area (Å²) in [5.41, 5.74) is 2.43. The fraction of sp³-hybridized carbons (Fsp3) is 0.188. The average molecular weight is 287 g/mol. The summed E-state index contributed by atoms with van der Waals surface area (Å²) in [5.74, 6) is -1.25. The van der Waals surface area contributed by atoms with Crippen LogP contribution >= 0.6 is 0 Å². The Morgan fingerprint density at radius 3 is 2.05 bits per heavy atom. The third-order valence-electron chi connectivity index (χ3n) is 3.23. The molecule has 0 amide bonds. The summed E-state index contributed by atoms with van der Waals surface area (Å²) in [4.78, 5) is 21.4. The molecule has 0 spiro atoms. The second kappa shape index (κ2) is 6.74. The summed E-state index contributed by atoms with van der Waals surface area (Å²) in [6, 6.07) is 12.5. The summed E-state index contributed by atoms with van der Waals surface area (Å²) in [5, 5.41) is 11.6. The highest BCUT2D eigenvalue weighted by atomic mass is 19.1. The molecule has 1 unspecified atom stereocenters. The van der Waals surface area contributed by atoms with E-state index in [1.54, 1.807) is 24.3 Å². The number of nitroso groups, excluding NO2 is 1. The highest BCUT2D eigenvalue weighted by Gasteiger charge is 2.13. The Bertz CT molecular complexity index is 623. The molecule has 108 valence electrons. The number of halogens is 1. The number of carbonyl (C=O) groups is 1. The van der Waals surface area contributed by atoms with Gasteiger partial charge in [0.25, 0.3) is 0 Å². The van der Waals surface area contributed by atoms with Crippen LogP contribution in [-0.2, 0) is 4.79 Å². The van der Waals surface area contributed by atoms with Crippen molar-refractivity contribution < 1.29 is 14.3 Å². The first-order valence-electron chi connectivity index (χ1n) is 6.50. The van der Waals surface area contributed by atoms with Crippen LogP contribution in [0.2, 0.25) is 0 Å². The zero-order chi connectivity index (χ0) is 15.2. The monoisotopic (exact) mass is 287 g/mol. The highest BCUT2D eigenvalue weighted by Crippen LogP contribution is 2.26. The first-order valence-corrected chi connectivity index (χ1v) is 6.50. The van der Waals surface area contributed by atoms with E-state index in [-0.39, 0.29) is 18.7 Å². The first-order chi connectivity index (χ1) is 10.1. The van der Waals surface area contributed by atoms with Crippen LogP contribution in [0, 0.1) is 10.7 Å². The van der Waals surface area contributed by atoms with Crippen LogP contribution in [0.15, 0.2) is 53.7 Å². The summed E-state index contributed by atoms with van der Waals surface area (Å²) in [6.45, 7) is 0. The van der Waals surface area contributed by atoms with E-state index in [1.165, 1.54) is 12.1 Å². The fourth-order valence-corrected chi connectivity index (χ4v) is 2.08. The third kappa shape index (κ3) is 3.95. The molecular formula is C16H14FNO3. The summed E-state index contributed by atoms with van der Waals surface area (Å²) in [7, 11) is 0. The number of hydrogen-bond donors (Lipinski definition) is 1. The van der Waals surface area contributed by atoms with E-state index >= 15 is 0 Å². The zero-order valence-corrected chi connectivity index (χ0v) is 11.2. The largest absolute Gasteiger partial charge is 0.481 e. The maximum Gasteiger partial charge on any atom is 0.303 e. The van der Waals surface area contributed by atoms with E-state index in [0.717, 1.165) is 11.1 Å². The molecule has 0 aliphatic heterocycles. The molecule has 21 heavy (non-hydrogen) atoms. The van der Waals surface area contributed by atoms with Gasteiger partial charge in [0.05, 0.1) is 0 Å². The number of aliphatic carboxylic acids is 1. The molecule has 1 atom stereocenters. The Morgan fingerprint density at radius 1 is 1.05 bits per heavy atom. The predicted octanol–water partition coefficient (Wildman–Crippen LogP) is 4.17. The van der Waals surface area contributed by atoms with Crippen molar-refractivity contribution in [2.45, 2.75) is 18.9 Å². The van der Waals surface area contributed by atoms with E-state index in [0.29, 0.717) is 5.56 Å². The lowest BCUT2D eigenvalue weighted by Gasteiger charge is -2.09. The molecular weight excluding hydrogens is 273 g/mol. The van der Waals surface area contributed by atoms with Gasteiger partial charge in [-0.15, -0.1) is 0 Å². The molecule has 0 heterocycles. The van der Waals surface area contributed by atoms with Crippen molar-refractivity contribution in [1.29, 1.82) is 0 Å². The molecule has 0 aromatic heterocycles. The van der Waals surface area contributed by atoms with Crippen LogP contribution in [0.4, 0.5) is 4.39 Å². The number of nitrogens with zero attached hydrogens (tertiary/aromatic N) is 1. The molecule has 0 aliphatic rings. The van der Waals surface area contributed by atoms with E-state index in [9.17, 15) is 14.1 Å². The van der Waals surface area contributed by atoms with Crippen LogP contribution in [0.1, 0.15) is 24.4 Å². The molecule has 0 saturated heterocycles. The van der Waals surface area contributed by atoms with E-state index < -0.39 is 12.0 Å². The van der Waals surface area contributed by atoms with Gasteiger partial charge in [-0.2, -0.15) is 4.91 Å². The van der Waals surface area contributed by atoms with Gasteiger partial charge in [-0.05, 0) is 35.2 Å². The molecule has 1 N–H and O–H groups in total. The Labute approximate surface area is 121 Å². The normalized spacial score (nSPS) is 11.9. The van der Waals surface area contributed by atoms with Crippen molar-refractivity contribution in [2.24, 2.45) is 5.18 Å². The molecule has 0 bridgehead atoms. The number of carboxylic acids is 1. The lowest BCUT2D eigenvalue weighted by molar-refractivity contribution is -0.137. The second-order valence-electron chi connectivity index (χ2n) is 4.68. The Morgan fingerprint density at radius 2 is 1.57 bits per heavy atom. The first kappa shape index (κ1) is 14.8. The quantitative estimate of drug-likeness (QED) is 0.811. The number of carboxylic acid groups (broad SMARTS) is 1. The zero-order valence-electron chi connectivity index (χ0n) is 11.2. The van der Waals surface area contributed by atoms with Crippen LogP contribution in [-0.4, -0.2) is 11.1 Å². The predicted molar refractivity (Wildman–Crippen MR) is 77.2 cm³/mol. The molecule has 2 aromatic carbocycles. The van der Waals surface area contributed by atoms with Crippen LogP contribution in [0.25, 0.3) is 11.1 Å². The lowest BCUT2D eigenvalue weighted by Crippen LogP contribution is -2.00. The average Bonchev–Trinajstić information content (AvgIpc) is 2.49. The highest BCUT2D eigenvalue weighted by molar-refractivity contribution is 5.67. The maximum atomic E-state index is 12.9. The van der Waals surface area contributed by atoms with Crippen LogP contribution in [0.3, 0.4) is 0 Å². The lowest BCUT2D eigenvalue weighted by atomic mass is 9.99. The fourth-order valence-electron chi connectivity index (χ4n) is 2.08. The Hall–Kier alpha value is -2.56. The van der Waals surface area contributed by atoms with Crippen molar-refractivity contribution in [3.63, 3.8) is 0 Å². The molecule has 0 radical (unpaired) electrons. The molecule has 0 aliphatic carbocycles. The minimum Gasteiger partial charge on any atom is -0.481 e. The van der Waals surface area contributed by atoms with Crippen molar-refractivity contribution in [2.75, 3.05) is 0 Å². The van der Waals surface area contributed by atoms with Crippen molar-refractivity contribution in [1.82, 2.24) is 0 Å². The van der Waals surface area contributed by atoms with Gasteiger partial charge in [0.15, 0.2) is 0 Å². The molecule has 5 heteroatoms. The van der Waals surface area contributed by atoms with Crippen molar-refractivity contribution >= 4 is 5.97 Å². The molecule has 4 nitrogen and oxygen atoms in total. The van der Waals surface area contributed by atoms with Crippen molar-refractivity contribution in [3.8, 4) is 11.1 Å². The standard InChI is InChI=1S/C16H14FNO3/c17-14-7-5-12(6-8-14)11-1-3-13(4-2-11)15(18-21)9-10-16(19)20/h1-8,15H,9-10H2,(H,19,20). The van der Waals surface area contributed by atoms with Crippen LogP contribution < -0.4 is 0 Å². The summed E-state index contributed by atoms with van der Waals surface area (Å²) >= 11 is 0. The van der Waals surface area contributed by atoms with Gasteiger partial charge in [0.1, 0.15) is 11.9 Å². The van der Waals surface area contributed by atoms with E-state index in [4.69, 9.17) is 5.11 Å². The molecule has 2 rings (SSSR count). The van der Waals surface area contributed by atoms with Gasteiger partial charge >= 0.3 is 5.97 Å². The van der Waals surface area contributed by atoms with Gasteiger partial charge in [0, 0.05) is 6.42 Å². The maximum absolute atomic E-state index is 12.9. The van der Waals surface area contributed by atoms with Crippen LogP contribution in [0.5, 0.6) is 0 Å². The van der Waals surface area contributed by atoms with Gasteiger partial charge in [-0.25, -0.2) is 4.39 Å². The Balaban J connectivity index is 2.15. The second-order valence-corrected chi connectivity index (χ2v) is 4.68. The van der Waals surface area contributed by atoms with Gasteiger partial charge < -0.3 is 5.11 Å². The smallest absolute Gasteiger partial charge is 0.303 e. The molecule has 0 fully saturated rings. The Kier molecular flexibility index (Phi) is 4.77. The van der Waals surface area contributed by atoms with Crippen molar-refractivity contribution in [3.05, 3.63) is 64.8 Å². The summed E-state index contributed by atoms with van der Waals surface area (Å²) in [6.07, 6.45) is 0.0743. The minimum absolute atomic E-state index is 0.101. The number of benzene rings is 2. The SMILES string of the molecule is O=NC(CCC(=O)O)c1ccc(-c2ccc(F)cc2)cc1. The topological polar surface area (TPSA) is 66.7 Å². The van der Waals surface area contributed by atoms with Gasteiger partial charge in [-0.3, -0.25) is 4.79 Å². The molecule has 0 saturated carbocycles. The third-order valence-corrected chi connectivity index (χ3v) is 3.23. The van der Waals surface area contributed by atoms with Gasteiger partial charge in [0.2, 0.25) is 0 Å². The van der Waals surface area contributed by atoms with Gasteiger partial charge in [-0.1, -0.05) is 41.6 Å². The minimum atomic E-state index is -0.952. The summed E-state index contributed by atoms with van der Waals surface area (Å²) < 4.78 is 12.9. The number of rotatable bonds is 6. The van der Waals surface area contributed by atoms with E-state index in [1.807, 2.05) is 12.1 Å².